The summed E-state index contributed by atoms with van der Waals surface area (Å²) < 4.78 is 16.4. The van der Waals surface area contributed by atoms with Crippen LogP contribution in [0, 0.1) is 0 Å². The van der Waals surface area contributed by atoms with E-state index in [4.69, 9.17) is 37.4 Å². The van der Waals surface area contributed by atoms with E-state index < -0.39 is 0 Å². The molecule has 3 rings (SSSR count). The number of hydrogen-bond acceptors (Lipinski definition) is 5. The van der Waals surface area contributed by atoms with Gasteiger partial charge in [-0.2, -0.15) is 5.10 Å². The lowest BCUT2D eigenvalue weighted by Crippen LogP contribution is -2.19. The summed E-state index contributed by atoms with van der Waals surface area (Å²) in [5.41, 5.74) is 4.84. The molecule has 0 saturated carbocycles. The average Bonchev–Trinajstić information content (AvgIpc) is 2.78. The molecular formula is C24H22Cl2N2O4. The van der Waals surface area contributed by atoms with E-state index in [1.54, 1.807) is 56.7 Å². The van der Waals surface area contributed by atoms with Crippen molar-refractivity contribution in [3.05, 3.63) is 87.4 Å². The Balaban J connectivity index is 1.63. The van der Waals surface area contributed by atoms with Crippen molar-refractivity contribution >= 4 is 35.3 Å². The molecule has 0 saturated heterocycles. The number of methoxy groups -OCH3 is 2. The summed E-state index contributed by atoms with van der Waals surface area (Å²) >= 11 is 12.1. The molecule has 3 aromatic carbocycles. The van der Waals surface area contributed by atoms with Crippen LogP contribution in [0.5, 0.6) is 17.2 Å². The number of carbonyl (C=O) groups is 1. The summed E-state index contributed by atoms with van der Waals surface area (Å²) in [6.45, 7) is 0.328. The van der Waals surface area contributed by atoms with E-state index in [1.807, 2.05) is 18.2 Å². The molecule has 0 bridgehead atoms. The third kappa shape index (κ3) is 6.64. The van der Waals surface area contributed by atoms with Crippen LogP contribution in [0.15, 0.2) is 65.8 Å². The lowest BCUT2D eigenvalue weighted by Gasteiger charge is -2.10. The largest absolute Gasteiger partial charge is 0.493 e. The Kier molecular flexibility index (Phi) is 8.36. The zero-order valence-corrected chi connectivity index (χ0v) is 19.1. The van der Waals surface area contributed by atoms with Crippen LogP contribution < -0.4 is 19.6 Å². The molecule has 1 amide bonds. The van der Waals surface area contributed by atoms with Crippen molar-refractivity contribution in [2.24, 2.45) is 5.10 Å². The lowest BCUT2D eigenvalue weighted by atomic mass is 10.1. The molecule has 1 N–H and O–H groups in total. The zero-order valence-electron chi connectivity index (χ0n) is 17.6. The molecule has 0 spiro atoms. The monoisotopic (exact) mass is 472 g/mol. The van der Waals surface area contributed by atoms with Gasteiger partial charge in [-0.1, -0.05) is 41.4 Å². The molecule has 0 atom stereocenters. The van der Waals surface area contributed by atoms with Crippen LogP contribution in [0.2, 0.25) is 10.0 Å². The minimum Gasteiger partial charge on any atom is -0.493 e. The number of benzene rings is 3. The van der Waals surface area contributed by atoms with Crippen LogP contribution in [0.25, 0.3) is 0 Å². The van der Waals surface area contributed by atoms with E-state index in [2.05, 4.69) is 10.5 Å². The first-order valence-electron chi connectivity index (χ1n) is 9.68. The molecule has 0 aliphatic carbocycles. The number of hydrazone groups is 1. The second kappa shape index (κ2) is 11.4. The number of nitrogens with zero attached hydrogens (tertiary/aromatic N) is 1. The van der Waals surface area contributed by atoms with Crippen LogP contribution in [0.4, 0.5) is 0 Å². The van der Waals surface area contributed by atoms with Crippen molar-refractivity contribution in [3.8, 4) is 17.2 Å². The minimum atomic E-state index is -0.281. The van der Waals surface area contributed by atoms with Gasteiger partial charge >= 0.3 is 0 Å². The fraction of sp³-hybridized carbons (Fsp3) is 0.167. The van der Waals surface area contributed by atoms with E-state index in [9.17, 15) is 4.79 Å². The fourth-order valence-electron chi connectivity index (χ4n) is 2.93. The van der Waals surface area contributed by atoms with E-state index >= 15 is 0 Å². The van der Waals surface area contributed by atoms with Gasteiger partial charge in [-0.15, -0.1) is 0 Å². The van der Waals surface area contributed by atoms with E-state index in [0.717, 1.165) is 11.1 Å². The summed E-state index contributed by atoms with van der Waals surface area (Å²) in [5, 5.41) is 5.21. The summed E-state index contributed by atoms with van der Waals surface area (Å²) in [4.78, 5) is 12.3. The SMILES string of the molecule is COc1ccc(CC(=O)N/N=C/c2cc(Cl)ccc2OCc2cccc(Cl)c2)cc1OC. The number of halogens is 2. The van der Waals surface area contributed by atoms with Gasteiger partial charge in [0.15, 0.2) is 11.5 Å². The molecule has 0 radical (unpaired) electrons. The Labute approximate surface area is 196 Å². The third-order valence-electron chi connectivity index (χ3n) is 4.46. The first kappa shape index (κ1) is 23.4. The lowest BCUT2D eigenvalue weighted by molar-refractivity contribution is -0.120. The molecule has 0 fully saturated rings. The minimum absolute atomic E-state index is 0.130. The Morgan fingerprint density at radius 1 is 0.906 bits per heavy atom. The van der Waals surface area contributed by atoms with Crippen LogP contribution in [-0.2, 0) is 17.8 Å². The van der Waals surface area contributed by atoms with Gasteiger partial charge in [0.1, 0.15) is 12.4 Å². The predicted molar refractivity (Wildman–Crippen MR) is 126 cm³/mol. The smallest absolute Gasteiger partial charge is 0.244 e. The first-order valence-corrected chi connectivity index (χ1v) is 10.4. The molecule has 32 heavy (non-hydrogen) atoms. The number of hydrogen-bond donors (Lipinski definition) is 1. The Bertz CT molecular complexity index is 1120. The maximum Gasteiger partial charge on any atom is 0.244 e. The van der Waals surface area contributed by atoms with Gasteiger partial charge in [-0.3, -0.25) is 4.79 Å². The normalized spacial score (nSPS) is 10.8. The molecule has 0 aliphatic heterocycles. The maximum absolute atomic E-state index is 12.3. The Hall–Kier alpha value is -3.22. The van der Waals surface area contributed by atoms with Crippen molar-refractivity contribution < 1.29 is 19.0 Å². The molecule has 3 aromatic rings. The van der Waals surface area contributed by atoms with E-state index in [0.29, 0.717) is 39.5 Å². The highest BCUT2D eigenvalue weighted by molar-refractivity contribution is 6.31. The van der Waals surface area contributed by atoms with Crippen LogP contribution in [-0.4, -0.2) is 26.3 Å². The molecule has 6 nitrogen and oxygen atoms in total. The standard InChI is InChI=1S/C24H22Cl2N2O4/c1-30-22-8-6-16(11-23(22)31-2)12-24(29)28-27-14-18-13-20(26)7-9-21(18)32-15-17-4-3-5-19(25)10-17/h3-11,13-14H,12,15H2,1-2H3,(H,28,29)/b27-14+. The van der Waals surface area contributed by atoms with Gasteiger partial charge < -0.3 is 14.2 Å². The molecular weight excluding hydrogens is 451 g/mol. The van der Waals surface area contributed by atoms with E-state index in [-0.39, 0.29) is 12.3 Å². The fourth-order valence-corrected chi connectivity index (χ4v) is 3.32. The molecule has 8 heteroatoms. The summed E-state index contributed by atoms with van der Waals surface area (Å²) in [7, 11) is 3.10. The van der Waals surface area contributed by atoms with Crippen molar-refractivity contribution in [2.75, 3.05) is 14.2 Å². The highest BCUT2D eigenvalue weighted by Gasteiger charge is 2.09. The van der Waals surface area contributed by atoms with Crippen LogP contribution >= 0.6 is 23.2 Å². The Morgan fingerprint density at radius 3 is 2.41 bits per heavy atom. The van der Waals surface area contributed by atoms with Crippen molar-refractivity contribution in [2.45, 2.75) is 13.0 Å². The molecule has 0 aromatic heterocycles. The summed E-state index contributed by atoms with van der Waals surface area (Å²) in [6, 6.07) is 17.9. The average molecular weight is 473 g/mol. The summed E-state index contributed by atoms with van der Waals surface area (Å²) in [6.07, 6.45) is 1.62. The van der Waals surface area contributed by atoms with Crippen LogP contribution in [0.3, 0.4) is 0 Å². The number of amides is 1. The van der Waals surface area contributed by atoms with Gasteiger partial charge in [0.2, 0.25) is 5.91 Å². The predicted octanol–water partition coefficient (Wildman–Crippen LogP) is 5.28. The number of ether oxygens (including phenoxy) is 3. The maximum atomic E-state index is 12.3. The van der Waals surface area contributed by atoms with Gasteiger partial charge in [0, 0.05) is 15.6 Å². The molecule has 0 heterocycles. The molecule has 0 aliphatic rings. The highest BCUT2D eigenvalue weighted by atomic mass is 35.5. The first-order chi connectivity index (χ1) is 15.5. The zero-order chi connectivity index (χ0) is 22.9. The highest BCUT2D eigenvalue weighted by Crippen LogP contribution is 2.27. The second-order valence-corrected chi connectivity index (χ2v) is 7.63. The van der Waals surface area contributed by atoms with Gasteiger partial charge in [-0.25, -0.2) is 5.43 Å². The third-order valence-corrected chi connectivity index (χ3v) is 4.93. The molecule has 166 valence electrons. The van der Waals surface area contributed by atoms with Crippen LogP contribution in [0.1, 0.15) is 16.7 Å². The van der Waals surface area contributed by atoms with Crippen molar-refractivity contribution in [1.29, 1.82) is 0 Å². The second-order valence-electron chi connectivity index (χ2n) is 6.76. The van der Waals surface area contributed by atoms with E-state index in [1.165, 1.54) is 6.21 Å². The number of carbonyl (C=O) groups excluding carboxylic acids is 1. The summed E-state index contributed by atoms with van der Waals surface area (Å²) in [5.74, 6) is 1.45. The topological polar surface area (TPSA) is 69.2 Å². The van der Waals surface area contributed by atoms with Gasteiger partial charge in [0.25, 0.3) is 0 Å². The number of nitrogens with one attached hydrogen (secondary N) is 1. The molecule has 0 unspecified atom stereocenters. The van der Waals surface area contributed by atoms with Gasteiger partial charge in [0.05, 0.1) is 26.9 Å². The van der Waals surface area contributed by atoms with Crippen molar-refractivity contribution in [3.63, 3.8) is 0 Å². The number of rotatable bonds is 9. The van der Waals surface area contributed by atoms with Crippen molar-refractivity contribution in [1.82, 2.24) is 5.43 Å². The van der Waals surface area contributed by atoms with Gasteiger partial charge in [-0.05, 0) is 53.6 Å². The quantitative estimate of drug-likeness (QED) is 0.339. The Morgan fingerprint density at radius 2 is 1.66 bits per heavy atom.